The van der Waals surface area contributed by atoms with E-state index in [0.717, 1.165) is 6.61 Å². The Hall–Kier alpha value is -0.650. The van der Waals surface area contributed by atoms with Crippen molar-refractivity contribution >= 4 is 5.91 Å². The predicted molar refractivity (Wildman–Crippen MR) is 72.3 cm³/mol. The standard InChI is InChI=1S/C13H28N2O3/c1-10(2)8-17-6-7-18-9-13(5,12(14)16)15-11(3)4/h10-11,15H,6-9H2,1-5H3,(H2,14,16). The Morgan fingerprint density at radius 2 is 1.78 bits per heavy atom. The van der Waals surface area contributed by atoms with E-state index in [9.17, 15) is 4.79 Å². The minimum absolute atomic E-state index is 0.170. The number of carbonyl (C=O) groups is 1. The van der Waals surface area contributed by atoms with Gasteiger partial charge in [0.15, 0.2) is 0 Å². The van der Waals surface area contributed by atoms with Crippen LogP contribution in [0, 0.1) is 5.92 Å². The van der Waals surface area contributed by atoms with E-state index in [-0.39, 0.29) is 12.6 Å². The summed E-state index contributed by atoms with van der Waals surface area (Å²) in [6.07, 6.45) is 0. The Morgan fingerprint density at radius 1 is 1.22 bits per heavy atom. The summed E-state index contributed by atoms with van der Waals surface area (Å²) in [4.78, 5) is 11.4. The highest BCUT2D eigenvalue weighted by Crippen LogP contribution is 2.05. The van der Waals surface area contributed by atoms with Gasteiger partial charge in [0, 0.05) is 12.6 Å². The second-order valence-corrected chi connectivity index (χ2v) is 5.52. The highest BCUT2D eigenvalue weighted by Gasteiger charge is 2.31. The van der Waals surface area contributed by atoms with E-state index in [2.05, 4.69) is 19.2 Å². The Balaban J connectivity index is 3.88. The van der Waals surface area contributed by atoms with Crippen LogP contribution in [0.3, 0.4) is 0 Å². The third-order valence-electron chi connectivity index (χ3n) is 2.37. The molecule has 0 radical (unpaired) electrons. The highest BCUT2D eigenvalue weighted by molar-refractivity contribution is 5.84. The molecule has 0 saturated heterocycles. The van der Waals surface area contributed by atoms with Crippen LogP contribution in [-0.2, 0) is 14.3 Å². The summed E-state index contributed by atoms with van der Waals surface area (Å²) in [5.41, 5.74) is 4.56. The first kappa shape index (κ1) is 17.4. The largest absolute Gasteiger partial charge is 0.379 e. The van der Waals surface area contributed by atoms with Crippen molar-refractivity contribution in [2.45, 2.75) is 46.2 Å². The van der Waals surface area contributed by atoms with E-state index >= 15 is 0 Å². The van der Waals surface area contributed by atoms with Gasteiger partial charge in [-0.3, -0.25) is 10.1 Å². The lowest BCUT2D eigenvalue weighted by Crippen LogP contribution is -2.58. The van der Waals surface area contributed by atoms with Crippen molar-refractivity contribution in [1.29, 1.82) is 0 Å². The quantitative estimate of drug-likeness (QED) is 0.573. The van der Waals surface area contributed by atoms with Crippen LogP contribution in [0.25, 0.3) is 0 Å². The van der Waals surface area contributed by atoms with E-state index in [1.807, 2.05) is 13.8 Å². The number of hydrogen-bond donors (Lipinski definition) is 2. The summed E-state index contributed by atoms with van der Waals surface area (Å²) in [7, 11) is 0. The molecule has 1 atom stereocenters. The first-order valence-corrected chi connectivity index (χ1v) is 6.51. The van der Waals surface area contributed by atoms with E-state index in [1.54, 1.807) is 6.92 Å². The van der Waals surface area contributed by atoms with Gasteiger partial charge in [-0.25, -0.2) is 0 Å². The molecule has 0 spiro atoms. The number of carbonyl (C=O) groups excluding carboxylic acids is 1. The van der Waals surface area contributed by atoms with Crippen LogP contribution >= 0.6 is 0 Å². The van der Waals surface area contributed by atoms with Crippen LogP contribution in [0.2, 0.25) is 0 Å². The van der Waals surface area contributed by atoms with Crippen LogP contribution in [0.15, 0.2) is 0 Å². The molecule has 0 aromatic rings. The van der Waals surface area contributed by atoms with Crippen LogP contribution in [0.1, 0.15) is 34.6 Å². The van der Waals surface area contributed by atoms with Crippen molar-refractivity contribution in [3.63, 3.8) is 0 Å². The Bertz CT molecular complexity index is 244. The van der Waals surface area contributed by atoms with Gasteiger partial charge in [0.05, 0.1) is 19.8 Å². The summed E-state index contributed by atoms with van der Waals surface area (Å²) >= 11 is 0. The molecule has 0 aliphatic rings. The fourth-order valence-electron chi connectivity index (χ4n) is 1.53. The summed E-state index contributed by atoms with van der Waals surface area (Å²) in [6, 6.07) is 0.170. The normalized spacial score (nSPS) is 15.1. The molecule has 0 rings (SSSR count). The molecule has 0 saturated carbocycles. The average Bonchev–Trinajstić information content (AvgIpc) is 2.21. The Kier molecular flexibility index (Phi) is 8.15. The fourth-order valence-corrected chi connectivity index (χ4v) is 1.53. The second kappa shape index (κ2) is 8.45. The van der Waals surface area contributed by atoms with Crippen LogP contribution in [0.4, 0.5) is 0 Å². The maximum Gasteiger partial charge on any atom is 0.239 e. The molecule has 0 heterocycles. The molecule has 3 N–H and O–H groups in total. The van der Waals surface area contributed by atoms with Gasteiger partial charge in [0.1, 0.15) is 5.54 Å². The monoisotopic (exact) mass is 260 g/mol. The highest BCUT2D eigenvalue weighted by atomic mass is 16.5. The molecular weight excluding hydrogens is 232 g/mol. The summed E-state index contributed by atoms with van der Waals surface area (Å²) in [5, 5.41) is 3.12. The maximum atomic E-state index is 11.4. The zero-order valence-electron chi connectivity index (χ0n) is 12.3. The number of rotatable bonds is 10. The molecule has 0 fully saturated rings. The lowest BCUT2D eigenvalue weighted by molar-refractivity contribution is -0.127. The number of amides is 1. The van der Waals surface area contributed by atoms with Gasteiger partial charge in [-0.05, 0) is 26.7 Å². The first-order chi connectivity index (χ1) is 8.28. The fraction of sp³-hybridized carbons (Fsp3) is 0.923. The van der Waals surface area contributed by atoms with Gasteiger partial charge in [-0.2, -0.15) is 0 Å². The summed E-state index contributed by atoms with van der Waals surface area (Å²) < 4.78 is 10.8. The molecule has 1 unspecified atom stereocenters. The molecule has 108 valence electrons. The molecule has 18 heavy (non-hydrogen) atoms. The van der Waals surface area contributed by atoms with Crippen LogP contribution < -0.4 is 11.1 Å². The van der Waals surface area contributed by atoms with Crippen LogP contribution in [-0.4, -0.2) is 43.9 Å². The molecule has 0 aliphatic carbocycles. The second-order valence-electron chi connectivity index (χ2n) is 5.52. The molecule has 0 aromatic carbocycles. The zero-order valence-corrected chi connectivity index (χ0v) is 12.3. The number of primary amides is 1. The van der Waals surface area contributed by atoms with E-state index < -0.39 is 11.4 Å². The molecule has 0 aromatic heterocycles. The van der Waals surface area contributed by atoms with Crippen molar-refractivity contribution in [3.8, 4) is 0 Å². The lowest BCUT2D eigenvalue weighted by Gasteiger charge is -2.29. The van der Waals surface area contributed by atoms with Crippen molar-refractivity contribution < 1.29 is 14.3 Å². The molecule has 0 aliphatic heterocycles. The molecule has 5 nitrogen and oxygen atoms in total. The van der Waals surface area contributed by atoms with Gasteiger partial charge in [0.25, 0.3) is 0 Å². The molecule has 0 bridgehead atoms. The summed E-state index contributed by atoms with van der Waals surface area (Å²) in [5.74, 6) is 0.114. The van der Waals surface area contributed by atoms with E-state index in [4.69, 9.17) is 15.2 Å². The van der Waals surface area contributed by atoms with Gasteiger partial charge in [-0.15, -0.1) is 0 Å². The van der Waals surface area contributed by atoms with Gasteiger partial charge in [-0.1, -0.05) is 13.8 Å². The third kappa shape index (κ3) is 7.63. The van der Waals surface area contributed by atoms with E-state index in [1.165, 1.54) is 0 Å². The first-order valence-electron chi connectivity index (χ1n) is 6.51. The predicted octanol–water partition coefficient (Wildman–Crippen LogP) is 0.918. The molecule has 5 heteroatoms. The van der Waals surface area contributed by atoms with Crippen LogP contribution in [0.5, 0.6) is 0 Å². The number of nitrogens with two attached hydrogens (primary N) is 1. The molecular formula is C13H28N2O3. The number of hydrogen-bond acceptors (Lipinski definition) is 4. The topological polar surface area (TPSA) is 73.6 Å². The Morgan fingerprint density at radius 3 is 2.22 bits per heavy atom. The van der Waals surface area contributed by atoms with Crippen molar-refractivity contribution in [2.24, 2.45) is 11.7 Å². The van der Waals surface area contributed by atoms with Crippen molar-refractivity contribution in [3.05, 3.63) is 0 Å². The smallest absolute Gasteiger partial charge is 0.239 e. The van der Waals surface area contributed by atoms with Gasteiger partial charge >= 0.3 is 0 Å². The van der Waals surface area contributed by atoms with E-state index in [0.29, 0.717) is 19.1 Å². The lowest BCUT2D eigenvalue weighted by atomic mass is 10.0. The average molecular weight is 260 g/mol. The zero-order chi connectivity index (χ0) is 14.2. The minimum Gasteiger partial charge on any atom is -0.379 e. The molecule has 1 amide bonds. The number of nitrogens with one attached hydrogen (secondary N) is 1. The van der Waals surface area contributed by atoms with Crippen molar-refractivity contribution in [2.75, 3.05) is 26.4 Å². The SMILES string of the molecule is CC(C)COCCOCC(C)(NC(C)C)C(N)=O. The maximum absolute atomic E-state index is 11.4. The number of ether oxygens (including phenoxy) is 2. The minimum atomic E-state index is -0.827. The van der Waals surface area contributed by atoms with Gasteiger partial charge in [0.2, 0.25) is 5.91 Å². The summed E-state index contributed by atoms with van der Waals surface area (Å²) in [6.45, 7) is 11.9. The Labute approximate surface area is 110 Å². The third-order valence-corrected chi connectivity index (χ3v) is 2.37. The van der Waals surface area contributed by atoms with Crippen molar-refractivity contribution in [1.82, 2.24) is 5.32 Å². The van der Waals surface area contributed by atoms with Gasteiger partial charge < -0.3 is 15.2 Å².